The molecule has 0 atom stereocenters. The minimum Gasteiger partial charge on any atom is -0.373 e. The van der Waals surface area contributed by atoms with Crippen molar-refractivity contribution in [3.05, 3.63) is 53.2 Å². The quantitative estimate of drug-likeness (QED) is 0.617. The summed E-state index contributed by atoms with van der Waals surface area (Å²) in [7, 11) is 2.20. The van der Waals surface area contributed by atoms with Crippen LogP contribution in [0.25, 0.3) is 5.57 Å². The predicted molar refractivity (Wildman–Crippen MR) is 63.2 cm³/mol. The van der Waals surface area contributed by atoms with Crippen LogP contribution in [0, 0.1) is 0 Å². The number of hydrogen-bond acceptors (Lipinski definition) is 1. The topological polar surface area (TPSA) is 3.24 Å². The van der Waals surface area contributed by atoms with E-state index >= 15 is 0 Å². The van der Waals surface area contributed by atoms with Crippen molar-refractivity contribution in [2.24, 2.45) is 0 Å². The summed E-state index contributed by atoms with van der Waals surface area (Å²) in [5.74, 6) is 0. The lowest BCUT2D eigenvalue weighted by Crippen LogP contribution is -2.24. The van der Waals surface area contributed by atoms with Crippen LogP contribution < -0.4 is 0 Å². The number of allylic oxidation sites excluding steroid dienone is 4. The highest BCUT2D eigenvalue weighted by molar-refractivity contribution is 5.80. The third-order valence-corrected chi connectivity index (χ3v) is 3.32. The summed E-state index contributed by atoms with van der Waals surface area (Å²) in [4.78, 5) is 2.39. The van der Waals surface area contributed by atoms with Gasteiger partial charge >= 0.3 is 0 Å². The lowest BCUT2D eigenvalue weighted by Gasteiger charge is -2.33. The Bertz CT molecular complexity index is 454. The molecule has 1 heteroatoms. The number of hydrogen-bond donors (Lipinski definition) is 0. The van der Waals surface area contributed by atoms with E-state index in [2.05, 4.69) is 48.4 Å². The number of benzene rings is 1. The maximum Gasteiger partial charge on any atom is 0.0429 e. The van der Waals surface area contributed by atoms with Gasteiger partial charge in [-0.1, -0.05) is 36.4 Å². The van der Waals surface area contributed by atoms with Gasteiger partial charge in [0.2, 0.25) is 0 Å². The number of nitrogens with zero attached hydrogens (tertiary/aromatic N) is 1. The molecule has 3 rings (SSSR count). The molecule has 1 nitrogen and oxygen atoms in total. The van der Waals surface area contributed by atoms with Gasteiger partial charge < -0.3 is 4.90 Å². The van der Waals surface area contributed by atoms with Crippen molar-refractivity contribution in [3.63, 3.8) is 0 Å². The van der Waals surface area contributed by atoms with Crippen LogP contribution >= 0.6 is 0 Å². The number of rotatable bonds is 0. The maximum atomic E-state index is 2.39. The summed E-state index contributed by atoms with van der Waals surface area (Å²) in [6, 6.07) is 8.74. The smallest absolute Gasteiger partial charge is 0.0429 e. The lowest BCUT2D eigenvalue weighted by molar-refractivity contribution is 0.389. The lowest BCUT2D eigenvalue weighted by atomic mass is 9.89. The predicted octanol–water partition coefficient (Wildman–Crippen LogP) is 3.19. The fourth-order valence-corrected chi connectivity index (χ4v) is 2.57. The second-order valence-corrected chi connectivity index (χ2v) is 4.31. The summed E-state index contributed by atoms with van der Waals surface area (Å²) in [6.07, 6.45) is 6.95. The van der Waals surface area contributed by atoms with E-state index in [-0.39, 0.29) is 0 Å². The van der Waals surface area contributed by atoms with Crippen molar-refractivity contribution in [1.29, 1.82) is 0 Å². The molecule has 0 saturated heterocycles. The largest absolute Gasteiger partial charge is 0.373 e. The van der Waals surface area contributed by atoms with Gasteiger partial charge in [-0.15, -0.1) is 0 Å². The van der Waals surface area contributed by atoms with Gasteiger partial charge in [0, 0.05) is 24.9 Å². The first-order valence-electron chi connectivity index (χ1n) is 5.55. The molecule has 1 aromatic rings. The molecule has 0 spiro atoms. The summed E-state index contributed by atoms with van der Waals surface area (Å²) in [6.45, 7) is 1.06. The second-order valence-electron chi connectivity index (χ2n) is 4.31. The Balaban J connectivity index is 2.21. The van der Waals surface area contributed by atoms with E-state index in [1.165, 1.54) is 35.2 Å². The van der Waals surface area contributed by atoms with E-state index in [1.54, 1.807) is 0 Å². The van der Waals surface area contributed by atoms with E-state index in [1.807, 2.05) is 0 Å². The summed E-state index contributed by atoms with van der Waals surface area (Å²) in [5, 5.41) is 0. The molecule has 0 bridgehead atoms. The zero-order valence-corrected chi connectivity index (χ0v) is 9.03. The van der Waals surface area contributed by atoms with Crippen LogP contribution in [-0.4, -0.2) is 11.9 Å². The van der Waals surface area contributed by atoms with E-state index < -0.39 is 0 Å². The fraction of sp³-hybridized carbons (Fsp3) is 0.286. The molecule has 1 heterocycles. The highest BCUT2D eigenvalue weighted by atomic mass is 15.1. The molecule has 1 aliphatic heterocycles. The van der Waals surface area contributed by atoms with Gasteiger partial charge in [-0.05, 0) is 24.0 Å². The van der Waals surface area contributed by atoms with Crippen molar-refractivity contribution in [2.75, 3.05) is 7.05 Å². The second kappa shape index (κ2) is 3.27. The Morgan fingerprint density at radius 1 is 1.20 bits per heavy atom. The van der Waals surface area contributed by atoms with E-state index in [9.17, 15) is 0 Å². The molecule has 0 unspecified atom stereocenters. The molecule has 0 aromatic heterocycles. The average Bonchev–Trinajstić information content (AvgIpc) is 2.30. The molecule has 2 aliphatic rings. The third kappa shape index (κ3) is 1.30. The van der Waals surface area contributed by atoms with Gasteiger partial charge in [-0.2, -0.15) is 0 Å². The fourth-order valence-electron chi connectivity index (χ4n) is 2.57. The summed E-state index contributed by atoms with van der Waals surface area (Å²) >= 11 is 0. The van der Waals surface area contributed by atoms with Gasteiger partial charge in [0.1, 0.15) is 0 Å². The minimum atomic E-state index is 1.06. The van der Waals surface area contributed by atoms with Crippen LogP contribution in [0.4, 0.5) is 0 Å². The van der Waals surface area contributed by atoms with Crippen LogP contribution in [0.2, 0.25) is 0 Å². The summed E-state index contributed by atoms with van der Waals surface area (Å²) < 4.78 is 0. The molecule has 0 saturated carbocycles. The van der Waals surface area contributed by atoms with Crippen molar-refractivity contribution < 1.29 is 0 Å². The SMILES string of the molecule is CN1Cc2ccccc2C2=C1CCC=C2. The van der Waals surface area contributed by atoms with Gasteiger partial charge in [0.15, 0.2) is 0 Å². The first-order valence-corrected chi connectivity index (χ1v) is 5.55. The average molecular weight is 197 g/mol. The maximum absolute atomic E-state index is 2.39. The van der Waals surface area contributed by atoms with Crippen molar-refractivity contribution in [3.8, 4) is 0 Å². The normalized spacial score (nSPS) is 18.9. The minimum absolute atomic E-state index is 1.06. The van der Waals surface area contributed by atoms with Gasteiger partial charge in [0.05, 0.1) is 0 Å². The molecule has 76 valence electrons. The number of fused-ring (bicyclic) bond motifs is 2. The monoisotopic (exact) mass is 197 g/mol. The van der Waals surface area contributed by atoms with Crippen molar-refractivity contribution >= 4 is 5.57 Å². The van der Waals surface area contributed by atoms with Crippen molar-refractivity contribution in [1.82, 2.24) is 4.90 Å². The first kappa shape index (κ1) is 8.78. The van der Waals surface area contributed by atoms with Gasteiger partial charge in [0.25, 0.3) is 0 Å². The Morgan fingerprint density at radius 2 is 2.07 bits per heavy atom. The molecule has 0 N–H and O–H groups in total. The highest BCUT2D eigenvalue weighted by Crippen LogP contribution is 2.35. The van der Waals surface area contributed by atoms with Gasteiger partial charge in [-0.25, -0.2) is 0 Å². The van der Waals surface area contributed by atoms with Crippen LogP contribution in [0.15, 0.2) is 42.1 Å². The van der Waals surface area contributed by atoms with Crippen LogP contribution in [0.3, 0.4) is 0 Å². The van der Waals surface area contributed by atoms with E-state index in [0.717, 1.165) is 6.54 Å². The van der Waals surface area contributed by atoms with Crippen molar-refractivity contribution in [2.45, 2.75) is 19.4 Å². The third-order valence-electron chi connectivity index (χ3n) is 3.32. The Kier molecular flexibility index (Phi) is 1.91. The van der Waals surface area contributed by atoms with Crippen LogP contribution in [0.1, 0.15) is 24.0 Å². The Morgan fingerprint density at radius 3 is 3.00 bits per heavy atom. The molecule has 15 heavy (non-hydrogen) atoms. The highest BCUT2D eigenvalue weighted by Gasteiger charge is 2.21. The Labute approximate surface area is 90.7 Å². The first-order chi connectivity index (χ1) is 7.36. The molecule has 1 aromatic carbocycles. The molecule has 0 fully saturated rings. The van der Waals surface area contributed by atoms with E-state index in [4.69, 9.17) is 0 Å². The molecule has 0 radical (unpaired) electrons. The van der Waals surface area contributed by atoms with Crippen LogP contribution in [-0.2, 0) is 6.54 Å². The Hall–Kier alpha value is -1.50. The molecular formula is C14H15N. The molecule has 0 amide bonds. The van der Waals surface area contributed by atoms with Gasteiger partial charge in [-0.3, -0.25) is 0 Å². The standard InChI is InChI=1S/C14H15N/c1-15-10-11-6-2-3-7-12(11)13-8-4-5-9-14(13)15/h2-4,6-8H,5,9-10H2,1H3. The van der Waals surface area contributed by atoms with Crippen LogP contribution in [0.5, 0.6) is 0 Å². The zero-order chi connectivity index (χ0) is 10.3. The molecule has 1 aliphatic carbocycles. The summed E-state index contributed by atoms with van der Waals surface area (Å²) in [5.41, 5.74) is 5.83. The molecular weight excluding hydrogens is 182 g/mol. The zero-order valence-electron chi connectivity index (χ0n) is 9.03. The van der Waals surface area contributed by atoms with E-state index in [0.29, 0.717) is 0 Å².